The minimum absolute atomic E-state index is 0.316. The summed E-state index contributed by atoms with van der Waals surface area (Å²) >= 11 is 0. The molecule has 1 aromatic carbocycles. The maximum atomic E-state index is 12.0. The summed E-state index contributed by atoms with van der Waals surface area (Å²) in [5.74, 6) is 0.357. The number of carbonyl (C=O) groups is 1. The molecule has 6 nitrogen and oxygen atoms in total. The summed E-state index contributed by atoms with van der Waals surface area (Å²) in [5, 5.41) is 19.9. The highest BCUT2D eigenvalue weighted by molar-refractivity contribution is 6.01. The smallest absolute Gasteiger partial charge is 0.193 e. The van der Waals surface area contributed by atoms with Gasteiger partial charge in [-0.25, -0.2) is 0 Å². The average Bonchev–Trinajstić information content (AvgIpc) is 2.64. The van der Waals surface area contributed by atoms with Crippen LogP contribution in [0.1, 0.15) is 57.3 Å². The molecule has 1 atom stereocenters. The standard InChI is InChI=1S/C22H37NO5/c1-5-7-14-27-17-19(24)16-23(12-6-2)13-15-28-20-10-8-18(9-11-20)21(25)22(3,4)26/h8-11,19,24,26H,5-7,12-17H2,1-4H3. The molecule has 0 heterocycles. The van der Waals surface area contributed by atoms with Crippen LogP contribution in [0.4, 0.5) is 0 Å². The Kier molecular flexibility index (Phi) is 11.3. The fourth-order valence-corrected chi connectivity index (χ4v) is 2.78. The number of hydrogen-bond donors (Lipinski definition) is 2. The van der Waals surface area contributed by atoms with Gasteiger partial charge < -0.3 is 19.7 Å². The zero-order valence-corrected chi connectivity index (χ0v) is 17.8. The third-order valence-corrected chi connectivity index (χ3v) is 4.31. The molecule has 0 aromatic heterocycles. The fraction of sp³-hybridized carbons (Fsp3) is 0.682. The Morgan fingerprint density at radius 3 is 2.36 bits per heavy atom. The van der Waals surface area contributed by atoms with Crippen LogP contribution < -0.4 is 4.74 Å². The predicted octanol–water partition coefficient (Wildman–Crippen LogP) is 2.91. The molecule has 6 heteroatoms. The van der Waals surface area contributed by atoms with E-state index < -0.39 is 11.7 Å². The third-order valence-electron chi connectivity index (χ3n) is 4.31. The number of rotatable bonds is 15. The summed E-state index contributed by atoms with van der Waals surface area (Å²) in [4.78, 5) is 14.2. The maximum absolute atomic E-state index is 12.0. The summed E-state index contributed by atoms with van der Waals surface area (Å²) in [7, 11) is 0. The number of Topliss-reactive ketones (excluding diaryl/α,β-unsaturated/α-hetero) is 1. The Bertz CT molecular complexity index is 553. The molecule has 0 saturated heterocycles. The van der Waals surface area contributed by atoms with Crippen molar-refractivity contribution in [1.29, 1.82) is 0 Å². The first-order valence-corrected chi connectivity index (χ1v) is 10.3. The number of nitrogens with zero attached hydrogens (tertiary/aromatic N) is 1. The SMILES string of the molecule is CCCCOCC(O)CN(CCC)CCOc1ccc(C(=O)C(C)(C)O)cc1. The van der Waals surface area contributed by atoms with E-state index in [9.17, 15) is 15.0 Å². The van der Waals surface area contributed by atoms with Crippen molar-refractivity contribution < 1.29 is 24.5 Å². The highest BCUT2D eigenvalue weighted by atomic mass is 16.5. The van der Waals surface area contributed by atoms with Gasteiger partial charge in [0.1, 0.15) is 18.0 Å². The van der Waals surface area contributed by atoms with Gasteiger partial charge in [0.05, 0.1) is 12.7 Å². The van der Waals surface area contributed by atoms with Crippen molar-refractivity contribution in [1.82, 2.24) is 4.90 Å². The molecular weight excluding hydrogens is 358 g/mol. The Balaban J connectivity index is 2.42. The second kappa shape index (κ2) is 12.9. The molecule has 0 spiro atoms. The second-order valence-electron chi connectivity index (χ2n) is 7.64. The van der Waals surface area contributed by atoms with Crippen molar-refractivity contribution in [3.05, 3.63) is 29.8 Å². The van der Waals surface area contributed by atoms with E-state index in [1.807, 2.05) is 0 Å². The van der Waals surface area contributed by atoms with Crippen molar-refractivity contribution >= 4 is 5.78 Å². The van der Waals surface area contributed by atoms with Gasteiger partial charge in [-0.1, -0.05) is 20.3 Å². The molecule has 0 radical (unpaired) electrons. The highest BCUT2D eigenvalue weighted by Crippen LogP contribution is 2.17. The number of carbonyl (C=O) groups excluding carboxylic acids is 1. The topological polar surface area (TPSA) is 79.2 Å². The number of ether oxygens (including phenoxy) is 2. The normalized spacial score (nSPS) is 13.0. The van der Waals surface area contributed by atoms with Crippen LogP contribution in [0.15, 0.2) is 24.3 Å². The molecule has 160 valence electrons. The lowest BCUT2D eigenvalue weighted by Gasteiger charge is -2.24. The minimum atomic E-state index is -1.38. The first kappa shape index (κ1) is 24.6. The van der Waals surface area contributed by atoms with E-state index in [1.165, 1.54) is 13.8 Å². The van der Waals surface area contributed by atoms with Crippen molar-refractivity contribution in [3.8, 4) is 5.75 Å². The molecule has 1 rings (SSSR count). The summed E-state index contributed by atoms with van der Waals surface area (Å²) in [6.45, 7) is 10.9. The summed E-state index contributed by atoms with van der Waals surface area (Å²) in [5.41, 5.74) is -0.928. The van der Waals surface area contributed by atoms with Crippen LogP contribution in [0, 0.1) is 0 Å². The van der Waals surface area contributed by atoms with Gasteiger partial charge in [0.15, 0.2) is 5.78 Å². The lowest BCUT2D eigenvalue weighted by molar-refractivity contribution is 0.0139. The van der Waals surface area contributed by atoms with E-state index in [4.69, 9.17) is 9.47 Å². The first-order chi connectivity index (χ1) is 13.3. The summed E-state index contributed by atoms with van der Waals surface area (Å²) in [6.07, 6.45) is 2.59. The summed E-state index contributed by atoms with van der Waals surface area (Å²) in [6, 6.07) is 6.80. The number of unbranched alkanes of at least 4 members (excludes halogenated alkanes) is 1. The predicted molar refractivity (Wildman–Crippen MR) is 111 cm³/mol. The molecule has 0 aliphatic carbocycles. The molecule has 0 amide bonds. The van der Waals surface area contributed by atoms with E-state index in [1.54, 1.807) is 24.3 Å². The third kappa shape index (κ3) is 9.64. The van der Waals surface area contributed by atoms with Crippen molar-refractivity contribution in [2.75, 3.05) is 39.5 Å². The Morgan fingerprint density at radius 1 is 1.11 bits per heavy atom. The molecule has 1 aromatic rings. The molecule has 0 fully saturated rings. The lowest BCUT2D eigenvalue weighted by Crippen LogP contribution is -2.38. The van der Waals surface area contributed by atoms with Crippen LogP contribution >= 0.6 is 0 Å². The Morgan fingerprint density at radius 2 is 1.79 bits per heavy atom. The van der Waals surface area contributed by atoms with Gasteiger partial charge in [0.2, 0.25) is 0 Å². The Hall–Kier alpha value is -1.47. The minimum Gasteiger partial charge on any atom is -0.492 e. The van der Waals surface area contributed by atoms with E-state index in [0.717, 1.165) is 25.8 Å². The average molecular weight is 396 g/mol. The number of ketones is 1. The largest absolute Gasteiger partial charge is 0.492 e. The molecule has 1 unspecified atom stereocenters. The van der Waals surface area contributed by atoms with E-state index in [-0.39, 0.29) is 5.78 Å². The number of hydrogen-bond acceptors (Lipinski definition) is 6. The van der Waals surface area contributed by atoms with Crippen molar-refractivity contribution in [3.63, 3.8) is 0 Å². The van der Waals surface area contributed by atoms with Crippen LogP contribution in [0.3, 0.4) is 0 Å². The fourth-order valence-electron chi connectivity index (χ4n) is 2.78. The second-order valence-corrected chi connectivity index (χ2v) is 7.64. The van der Waals surface area contributed by atoms with Crippen LogP contribution in [0.25, 0.3) is 0 Å². The zero-order valence-electron chi connectivity index (χ0n) is 17.8. The van der Waals surface area contributed by atoms with E-state index in [0.29, 0.717) is 44.2 Å². The van der Waals surface area contributed by atoms with Gasteiger partial charge in [-0.15, -0.1) is 0 Å². The Labute approximate surface area is 169 Å². The van der Waals surface area contributed by atoms with Gasteiger partial charge in [0, 0.05) is 25.3 Å². The van der Waals surface area contributed by atoms with Gasteiger partial charge in [0.25, 0.3) is 0 Å². The molecule has 28 heavy (non-hydrogen) atoms. The van der Waals surface area contributed by atoms with Gasteiger partial charge in [-0.3, -0.25) is 9.69 Å². The molecular formula is C22H37NO5. The van der Waals surface area contributed by atoms with Crippen molar-refractivity contribution in [2.45, 2.75) is 58.7 Å². The maximum Gasteiger partial charge on any atom is 0.193 e. The van der Waals surface area contributed by atoms with Gasteiger partial charge in [-0.05, 0) is 57.5 Å². The molecule has 2 N–H and O–H groups in total. The van der Waals surface area contributed by atoms with Crippen LogP contribution in [0.5, 0.6) is 5.75 Å². The van der Waals surface area contributed by atoms with Gasteiger partial charge >= 0.3 is 0 Å². The first-order valence-electron chi connectivity index (χ1n) is 10.3. The van der Waals surface area contributed by atoms with Crippen LogP contribution in [-0.2, 0) is 4.74 Å². The quantitative estimate of drug-likeness (QED) is 0.351. The number of aliphatic hydroxyl groups excluding tert-OH is 1. The van der Waals surface area contributed by atoms with Crippen molar-refractivity contribution in [2.24, 2.45) is 0 Å². The highest BCUT2D eigenvalue weighted by Gasteiger charge is 2.24. The molecule has 0 aliphatic rings. The van der Waals surface area contributed by atoms with Crippen LogP contribution in [0.2, 0.25) is 0 Å². The zero-order chi connectivity index (χ0) is 21.0. The number of benzene rings is 1. The van der Waals surface area contributed by atoms with Crippen LogP contribution in [-0.4, -0.2) is 72.1 Å². The van der Waals surface area contributed by atoms with Gasteiger partial charge in [-0.2, -0.15) is 0 Å². The van der Waals surface area contributed by atoms with E-state index in [2.05, 4.69) is 18.7 Å². The van der Waals surface area contributed by atoms with E-state index >= 15 is 0 Å². The lowest BCUT2D eigenvalue weighted by atomic mass is 9.97. The number of aliphatic hydroxyl groups is 2. The monoisotopic (exact) mass is 395 g/mol. The molecule has 0 aliphatic heterocycles. The molecule has 0 saturated carbocycles. The summed E-state index contributed by atoms with van der Waals surface area (Å²) < 4.78 is 11.3. The molecule has 0 bridgehead atoms.